The van der Waals surface area contributed by atoms with Crippen LogP contribution in [0.25, 0.3) is 0 Å². The number of nitrogens with zero attached hydrogens (tertiary/aromatic N) is 1. The second kappa shape index (κ2) is 8.91. The Hall–Kier alpha value is -2.25. The second-order valence-electron chi connectivity index (χ2n) is 5.73. The van der Waals surface area contributed by atoms with E-state index in [0.717, 1.165) is 9.75 Å². The van der Waals surface area contributed by atoms with E-state index in [-0.39, 0.29) is 18.6 Å². The van der Waals surface area contributed by atoms with Gasteiger partial charge in [0.25, 0.3) is 5.91 Å². The number of halogens is 1. The van der Waals surface area contributed by atoms with E-state index in [9.17, 15) is 14.4 Å². The van der Waals surface area contributed by atoms with Crippen LogP contribution in [0.3, 0.4) is 0 Å². The summed E-state index contributed by atoms with van der Waals surface area (Å²) in [4.78, 5) is 42.0. The summed E-state index contributed by atoms with van der Waals surface area (Å²) in [6.45, 7) is 5.26. The molecule has 0 spiro atoms. The number of carbonyl (C=O) groups is 3. The fourth-order valence-corrected chi connectivity index (χ4v) is 3.30. The van der Waals surface area contributed by atoms with Gasteiger partial charge >= 0.3 is 5.97 Å². The molecule has 0 aliphatic rings. The van der Waals surface area contributed by atoms with E-state index in [4.69, 9.17) is 16.3 Å². The third-order valence-corrected chi connectivity index (χ3v) is 4.74. The maximum Gasteiger partial charge on any atom is 0.307 e. The molecule has 26 heavy (non-hydrogen) atoms. The fourth-order valence-electron chi connectivity index (χ4n) is 2.25. The highest BCUT2D eigenvalue weighted by Gasteiger charge is 2.20. The zero-order valence-electron chi connectivity index (χ0n) is 14.7. The predicted octanol–water partition coefficient (Wildman–Crippen LogP) is 3.95. The maximum absolute atomic E-state index is 12.2. The van der Waals surface area contributed by atoms with Crippen LogP contribution in [0, 0.1) is 13.8 Å². The third-order valence-electron chi connectivity index (χ3n) is 3.55. The summed E-state index contributed by atoms with van der Waals surface area (Å²) in [5.74, 6) is -0.912. The number of pyridine rings is 1. The van der Waals surface area contributed by atoms with Crippen LogP contribution in [-0.4, -0.2) is 28.7 Å². The molecule has 0 unspecified atom stereocenters. The number of aromatic nitrogens is 1. The monoisotopic (exact) mass is 394 g/mol. The van der Waals surface area contributed by atoms with Crippen LogP contribution in [-0.2, 0) is 14.3 Å². The lowest BCUT2D eigenvalue weighted by molar-refractivity contribution is -0.153. The highest BCUT2D eigenvalue weighted by atomic mass is 35.5. The first-order chi connectivity index (χ1) is 12.3. The van der Waals surface area contributed by atoms with Gasteiger partial charge in [0.05, 0.1) is 11.4 Å². The van der Waals surface area contributed by atoms with Crippen molar-refractivity contribution in [2.24, 2.45) is 0 Å². The van der Waals surface area contributed by atoms with Crippen LogP contribution >= 0.6 is 22.9 Å². The Morgan fingerprint density at radius 3 is 2.58 bits per heavy atom. The predicted molar refractivity (Wildman–Crippen MR) is 101 cm³/mol. The van der Waals surface area contributed by atoms with E-state index in [1.165, 1.54) is 13.1 Å². The van der Waals surface area contributed by atoms with Gasteiger partial charge in [-0.05, 0) is 39.0 Å². The zero-order valence-corrected chi connectivity index (χ0v) is 16.2. The van der Waals surface area contributed by atoms with Gasteiger partial charge in [0.15, 0.2) is 11.9 Å². The molecule has 0 aromatic carbocycles. The maximum atomic E-state index is 12.2. The number of ether oxygens (including phenoxy) is 1. The van der Waals surface area contributed by atoms with Crippen molar-refractivity contribution in [1.82, 2.24) is 4.98 Å². The minimum Gasteiger partial charge on any atom is -0.453 e. The van der Waals surface area contributed by atoms with E-state index in [2.05, 4.69) is 10.3 Å². The standard InChI is InChI=1S/C18H19ClN2O4S/c1-10-8-14(12(3)26-10)15(22)5-7-17(23)25-11(2)18(24)21-16-6-4-13(19)9-20-16/h4,6,8-9,11H,5,7H2,1-3H3,(H,20,21,24)/t11-/m1/s1. The number of ketones is 1. The van der Waals surface area contributed by atoms with Crippen molar-refractivity contribution in [3.05, 3.63) is 44.7 Å². The summed E-state index contributed by atoms with van der Waals surface area (Å²) in [6.07, 6.45) is 0.362. The highest BCUT2D eigenvalue weighted by Crippen LogP contribution is 2.22. The molecule has 0 saturated carbocycles. The third kappa shape index (κ3) is 5.64. The number of carbonyl (C=O) groups excluding carboxylic acids is 3. The van der Waals surface area contributed by atoms with Gasteiger partial charge in [-0.2, -0.15) is 0 Å². The highest BCUT2D eigenvalue weighted by molar-refractivity contribution is 7.12. The molecule has 1 N–H and O–H groups in total. The van der Waals surface area contributed by atoms with Gasteiger partial charge in [-0.3, -0.25) is 14.4 Å². The Kier molecular flexibility index (Phi) is 6.88. The summed E-state index contributed by atoms with van der Waals surface area (Å²) in [7, 11) is 0. The number of aryl methyl sites for hydroxylation is 2. The Bertz CT molecular complexity index is 817. The molecule has 8 heteroatoms. The lowest BCUT2D eigenvalue weighted by Crippen LogP contribution is -2.30. The van der Waals surface area contributed by atoms with E-state index in [0.29, 0.717) is 16.4 Å². The number of thiophene rings is 1. The zero-order chi connectivity index (χ0) is 19.3. The number of nitrogens with one attached hydrogen (secondary N) is 1. The summed E-state index contributed by atoms with van der Waals surface area (Å²) in [5, 5.41) is 2.97. The van der Waals surface area contributed by atoms with Crippen molar-refractivity contribution < 1.29 is 19.1 Å². The number of rotatable bonds is 7. The van der Waals surface area contributed by atoms with Crippen LogP contribution in [0.15, 0.2) is 24.4 Å². The number of esters is 1. The van der Waals surface area contributed by atoms with E-state index in [1.807, 2.05) is 19.9 Å². The number of amides is 1. The quantitative estimate of drug-likeness (QED) is 0.567. The SMILES string of the molecule is Cc1cc(C(=O)CCC(=O)O[C@H](C)C(=O)Nc2ccc(Cl)cn2)c(C)s1. The minimum absolute atomic E-state index is 0.0446. The number of anilines is 1. The normalized spacial score (nSPS) is 11.7. The van der Waals surface area contributed by atoms with Crippen molar-refractivity contribution in [2.75, 3.05) is 5.32 Å². The van der Waals surface area contributed by atoms with Crippen molar-refractivity contribution in [1.29, 1.82) is 0 Å². The first-order valence-electron chi connectivity index (χ1n) is 7.98. The summed E-state index contributed by atoms with van der Waals surface area (Å²) >= 11 is 7.27. The molecule has 138 valence electrons. The number of Topliss-reactive ketones (excluding diaryl/α,β-unsaturated/α-hetero) is 1. The molecule has 0 aliphatic heterocycles. The average molecular weight is 395 g/mol. The smallest absolute Gasteiger partial charge is 0.307 e. The molecule has 1 amide bonds. The average Bonchev–Trinajstić information content (AvgIpc) is 2.93. The molecule has 2 aromatic heterocycles. The molecular weight excluding hydrogens is 376 g/mol. The first-order valence-corrected chi connectivity index (χ1v) is 9.18. The summed E-state index contributed by atoms with van der Waals surface area (Å²) in [6, 6.07) is 4.95. The molecule has 2 rings (SSSR count). The Labute approximate surface area is 160 Å². The Morgan fingerprint density at radius 2 is 2.00 bits per heavy atom. The Balaban J connectivity index is 1.81. The van der Waals surface area contributed by atoms with Crippen LogP contribution in [0.5, 0.6) is 0 Å². The Morgan fingerprint density at radius 1 is 1.27 bits per heavy atom. The second-order valence-corrected chi connectivity index (χ2v) is 7.63. The van der Waals surface area contributed by atoms with Crippen molar-refractivity contribution in [2.45, 2.75) is 39.7 Å². The van der Waals surface area contributed by atoms with Gasteiger partial charge < -0.3 is 10.1 Å². The first kappa shape index (κ1) is 20.1. The fraction of sp³-hybridized carbons (Fsp3) is 0.333. The minimum atomic E-state index is -1.000. The van der Waals surface area contributed by atoms with Crippen LogP contribution < -0.4 is 5.32 Å². The van der Waals surface area contributed by atoms with E-state index < -0.39 is 18.0 Å². The molecule has 0 radical (unpaired) electrons. The van der Waals surface area contributed by atoms with Gasteiger partial charge in [0, 0.05) is 27.9 Å². The lowest BCUT2D eigenvalue weighted by Gasteiger charge is -2.13. The molecule has 0 aliphatic carbocycles. The largest absolute Gasteiger partial charge is 0.453 e. The van der Waals surface area contributed by atoms with Gasteiger partial charge in [0.2, 0.25) is 0 Å². The molecule has 2 aromatic rings. The molecule has 1 atom stereocenters. The van der Waals surface area contributed by atoms with Crippen LogP contribution in [0.1, 0.15) is 39.9 Å². The van der Waals surface area contributed by atoms with E-state index in [1.54, 1.807) is 23.5 Å². The van der Waals surface area contributed by atoms with Crippen molar-refractivity contribution in [3.8, 4) is 0 Å². The summed E-state index contributed by atoms with van der Waals surface area (Å²) in [5.41, 5.74) is 0.639. The molecule has 0 fully saturated rings. The van der Waals surface area contributed by atoms with Gasteiger partial charge in [-0.25, -0.2) is 4.98 Å². The number of hydrogen-bond acceptors (Lipinski definition) is 6. The van der Waals surface area contributed by atoms with Crippen LogP contribution in [0.2, 0.25) is 5.02 Å². The molecule has 0 saturated heterocycles. The molecular formula is C18H19ClN2O4S. The van der Waals surface area contributed by atoms with Gasteiger partial charge in [-0.15, -0.1) is 11.3 Å². The van der Waals surface area contributed by atoms with Crippen LogP contribution in [0.4, 0.5) is 5.82 Å². The summed E-state index contributed by atoms with van der Waals surface area (Å²) < 4.78 is 5.08. The molecule has 2 heterocycles. The van der Waals surface area contributed by atoms with Gasteiger partial charge in [-0.1, -0.05) is 11.6 Å². The molecule has 0 bridgehead atoms. The number of hydrogen-bond donors (Lipinski definition) is 1. The van der Waals surface area contributed by atoms with Crippen molar-refractivity contribution in [3.63, 3.8) is 0 Å². The van der Waals surface area contributed by atoms with E-state index >= 15 is 0 Å². The van der Waals surface area contributed by atoms with Crippen molar-refractivity contribution >= 4 is 46.4 Å². The molecule has 6 nitrogen and oxygen atoms in total. The lowest BCUT2D eigenvalue weighted by atomic mass is 10.1. The van der Waals surface area contributed by atoms with Gasteiger partial charge in [0.1, 0.15) is 5.82 Å². The topological polar surface area (TPSA) is 85.4 Å².